The number of carbonyl (C=O) groups is 2. The van der Waals surface area contributed by atoms with Crippen molar-refractivity contribution in [3.8, 4) is 0 Å². The lowest BCUT2D eigenvalue weighted by Crippen LogP contribution is -2.45. The Morgan fingerprint density at radius 3 is 1.35 bits per heavy atom. The molecular formula is C49H91NO5. The number of aliphatic hydroxyl groups is 2. The lowest BCUT2D eigenvalue weighted by Gasteiger charge is -2.20. The Morgan fingerprint density at radius 2 is 0.873 bits per heavy atom. The molecule has 0 saturated heterocycles. The first kappa shape index (κ1) is 53.1. The first-order valence-electron chi connectivity index (χ1n) is 23.8. The Labute approximate surface area is 341 Å². The van der Waals surface area contributed by atoms with Gasteiger partial charge >= 0.3 is 5.97 Å². The van der Waals surface area contributed by atoms with E-state index >= 15 is 0 Å². The van der Waals surface area contributed by atoms with Crippen LogP contribution in [0.25, 0.3) is 0 Å². The van der Waals surface area contributed by atoms with Crippen LogP contribution in [0.3, 0.4) is 0 Å². The Hall–Kier alpha value is -1.92. The molecule has 0 bridgehead atoms. The summed E-state index contributed by atoms with van der Waals surface area (Å²) in [4.78, 5) is 24.3. The van der Waals surface area contributed by atoms with Crippen molar-refractivity contribution in [3.05, 3.63) is 36.5 Å². The van der Waals surface area contributed by atoms with Crippen LogP contribution in [0.2, 0.25) is 0 Å². The Bertz CT molecular complexity index is 900. The van der Waals surface area contributed by atoms with Crippen LogP contribution in [-0.2, 0) is 14.3 Å². The van der Waals surface area contributed by atoms with Gasteiger partial charge in [0.15, 0.2) is 0 Å². The van der Waals surface area contributed by atoms with Crippen molar-refractivity contribution >= 4 is 11.9 Å². The molecule has 0 saturated carbocycles. The molecule has 55 heavy (non-hydrogen) atoms. The fourth-order valence-electron chi connectivity index (χ4n) is 6.90. The van der Waals surface area contributed by atoms with Crippen LogP contribution in [0.5, 0.6) is 0 Å². The van der Waals surface area contributed by atoms with Crippen LogP contribution in [0.1, 0.15) is 239 Å². The number of hydrogen-bond acceptors (Lipinski definition) is 5. The number of nitrogens with one attached hydrogen (secondary N) is 1. The summed E-state index contributed by atoms with van der Waals surface area (Å²) in [6, 6.07) is -0.653. The summed E-state index contributed by atoms with van der Waals surface area (Å²) in [5, 5.41) is 23.0. The van der Waals surface area contributed by atoms with Crippen LogP contribution in [0.4, 0.5) is 0 Å². The predicted molar refractivity (Wildman–Crippen MR) is 236 cm³/mol. The van der Waals surface area contributed by atoms with E-state index < -0.39 is 12.1 Å². The molecule has 3 N–H and O–H groups in total. The average molecular weight is 774 g/mol. The van der Waals surface area contributed by atoms with Crippen LogP contribution in [0.15, 0.2) is 36.5 Å². The fraction of sp³-hybridized carbons (Fsp3) is 0.837. The topological polar surface area (TPSA) is 95.9 Å². The number of hydrogen-bond donors (Lipinski definition) is 3. The Balaban J connectivity index is 3.60. The average Bonchev–Trinajstić information content (AvgIpc) is 3.18. The van der Waals surface area contributed by atoms with E-state index in [2.05, 4.69) is 43.5 Å². The van der Waals surface area contributed by atoms with Gasteiger partial charge in [-0.2, -0.15) is 0 Å². The predicted octanol–water partition coefficient (Wildman–Crippen LogP) is 13.7. The van der Waals surface area contributed by atoms with Crippen molar-refractivity contribution in [1.29, 1.82) is 0 Å². The Kier molecular flexibility index (Phi) is 43.2. The number of ether oxygens (including phenoxy) is 1. The van der Waals surface area contributed by atoms with Crippen molar-refractivity contribution in [2.45, 2.75) is 251 Å². The quantitative estimate of drug-likeness (QED) is 0.0326. The summed E-state index contributed by atoms with van der Waals surface area (Å²) >= 11 is 0. The molecule has 0 spiro atoms. The first-order chi connectivity index (χ1) is 27.0. The normalized spacial score (nSPS) is 13.0. The number of amides is 1. The largest absolute Gasteiger partial charge is 0.466 e. The minimum absolute atomic E-state index is 0.0502. The van der Waals surface area contributed by atoms with Gasteiger partial charge in [0.05, 0.1) is 25.4 Å². The summed E-state index contributed by atoms with van der Waals surface area (Å²) in [6.45, 7) is 4.76. The molecule has 2 unspecified atom stereocenters. The van der Waals surface area contributed by atoms with Gasteiger partial charge in [0.2, 0.25) is 5.91 Å². The number of aliphatic hydroxyl groups excluding tert-OH is 2. The van der Waals surface area contributed by atoms with Gasteiger partial charge in [-0.3, -0.25) is 9.59 Å². The molecule has 0 aromatic carbocycles. The van der Waals surface area contributed by atoms with E-state index in [1.165, 1.54) is 135 Å². The zero-order valence-corrected chi connectivity index (χ0v) is 36.4. The molecule has 0 aromatic heterocycles. The van der Waals surface area contributed by atoms with Crippen molar-refractivity contribution < 1.29 is 24.5 Å². The summed E-state index contributed by atoms with van der Waals surface area (Å²) < 4.78 is 5.40. The maximum atomic E-state index is 12.4. The van der Waals surface area contributed by atoms with E-state index in [1.807, 2.05) is 6.08 Å². The zero-order valence-electron chi connectivity index (χ0n) is 36.4. The number of esters is 1. The highest BCUT2D eigenvalue weighted by Crippen LogP contribution is 2.15. The number of rotatable bonds is 43. The Morgan fingerprint density at radius 1 is 0.491 bits per heavy atom. The maximum Gasteiger partial charge on any atom is 0.305 e. The van der Waals surface area contributed by atoms with Crippen molar-refractivity contribution in [1.82, 2.24) is 5.32 Å². The monoisotopic (exact) mass is 774 g/mol. The molecule has 0 fully saturated rings. The maximum absolute atomic E-state index is 12.4. The molecule has 6 nitrogen and oxygen atoms in total. The first-order valence-corrected chi connectivity index (χ1v) is 23.8. The molecule has 6 heteroatoms. The molecule has 0 aliphatic carbocycles. The van der Waals surface area contributed by atoms with E-state index in [9.17, 15) is 19.8 Å². The summed E-state index contributed by atoms with van der Waals surface area (Å²) in [7, 11) is 0. The van der Waals surface area contributed by atoms with E-state index in [0.717, 1.165) is 77.0 Å². The van der Waals surface area contributed by atoms with Gasteiger partial charge in [0.1, 0.15) is 0 Å². The van der Waals surface area contributed by atoms with Crippen LogP contribution in [-0.4, -0.2) is 47.4 Å². The molecule has 1 amide bonds. The standard InChI is InChI=1S/C49H91NO5/c1-3-5-7-9-11-13-15-16-17-18-19-20-22-25-29-33-37-41-47(52)46(45-51)50-48(53)42-38-34-30-26-23-24-28-32-36-40-44-55-49(54)43-39-35-31-27-21-14-12-10-8-6-4-2/h10,12,24,28,37,41,46-47,51-52H,3-9,11,13-23,25-27,29-36,38-40,42-45H2,1-2H3,(H,50,53)/b12-10-,28-24-,41-37+. The van der Waals surface area contributed by atoms with Crippen molar-refractivity contribution in [2.24, 2.45) is 0 Å². The zero-order chi connectivity index (χ0) is 40.1. The van der Waals surface area contributed by atoms with Gasteiger partial charge in [0.25, 0.3) is 0 Å². The third-order valence-corrected chi connectivity index (χ3v) is 10.6. The minimum atomic E-state index is -0.866. The van der Waals surface area contributed by atoms with Crippen molar-refractivity contribution in [3.63, 3.8) is 0 Å². The molecule has 322 valence electrons. The fourth-order valence-corrected chi connectivity index (χ4v) is 6.90. The highest BCUT2D eigenvalue weighted by Gasteiger charge is 2.18. The van der Waals surface area contributed by atoms with E-state index in [4.69, 9.17) is 4.74 Å². The van der Waals surface area contributed by atoms with Gasteiger partial charge in [-0.1, -0.05) is 185 Å². The van der Waals surface area contributed by atoms with E-state index in [-0.39, 0.29) is 18.5 Å². The minimum Gasteiger partial charge on any atom is -0.466 e. The van der Waals surface area contributed by atoms with Gasteiger partial charge in [-0.25, -0.2) is 0 Å². The van der Waals surface area contributed by atoms with Gasteiger partial charge in [-0.15, -0.1) is 0 Å². The van der Waals surface area contributed by atoms with Gasteiger partial charge in [-0.05, 0) is 77.0 Å². The number of allylic oxidation sites excluding steroid dienone is 5. The second-order valence-corrected chi connectivity index (χ2v) is 16.1. The van der Waals surface area contributed by atoms with E-state index in [1.54, 1.807) is 6.08 Å². The highest BCUT2D eigenvalue weighted by atomic mass is 16.5. The number of carbonyl (C=O) groups excluding carboxylic acids is 2. The lowest BCUT2D eigenvalue weighted by molar-refractivity contribution is -0.143. The summed E-state index contributed by atoms with van der Waals surface area (Å²) in [5.41, 5.74) is 0. The summed E-state index contributed by atoms with van der Waals surface area (Å²) in [6.07, 6.45) is 52.8. The second kappa shape index (κ2) is 44.8. The number of unbranched alkanes of at least 4 members (excludes halogenated alkanes) is 28. The molecule has 2 atom stereocenters. The molecule has 0 aliphatic rings. The van der Waals surface area contributed by atoms with Crippen LogP contribution in [0, 0.1) is 0 Å². The van der Waals surface area contributed by atoms with Crippen LogP contribution < -0.4 is 5.32 Å². The van der Waals surface area contributed by atoms with Crippen LogP contribution >= 0.6 is 0 Å². The lowest BCUT2D eigenvalue weighted by atomic mass is 10.0. The summed E-state index contributed by atoms with van der Waals surface area (Å²) in [5.74, 6) is -0.155. The third kappa shape index (κ3) is 41.5. The molecule has 0 radical (unpaired) electrons. The molecule has 0 aromatic rings. The van der Waals surface area contributed by atoms with Crippen molar-refractivity contribution in [2.75, 3.05) is 13.2 Å². The van der Waals surface area contributed by atoms with Gasteiger partial charge < -0.3 is 20.3 Å². The molecule has 0 heterocycles. The third-order valence-electron chi connectivity index (χ3n) is 10.6. The molecular weight excluding hydrogens is 683 g/mol. The SMILES string of the molecule is CCCC/C=C\CCCCCCCC(=O)OCCCC/C=C\CCCCCCC(=O)NC(CO)C(O)/C=C/CCCCCCCCCCCCCCCCC. The second-order valence-electron chi connectivity index (χ2n) is 16.1. The smallest absolute Gasteiger partial charge is 0.305 e. The van der Waals surface area contributed by atoms with Gasteiger partial charge in [0, 0.05) is 12.8 Å². The molecule has 0 rings (SSSR count). The van der Waals surface area contributed by atoms with E-state index in [0.29, 0.717) is 19.4 Å². The molecule has 0 aliphatic heterocycles. The highest BCUT2D eigenvalue weighted by molar-refractivity contribution is 5.76.